The first kappa shape index (κ1) is 17.9. The molecule has 10 nitrogen and oxygen atoms in total. The molecule has 0 aliphatic carbocycles. The molecule has 0 saturated carbocycles. The van der Waals surface area contributed by atoms with Gasteiger partial charge in [-0.3, -0.25) is 25.3 Å². The minimum atomic E-state index is -0.727. The van der Waals surface area contributed by atoms with E-state index < -0.39 is 15.5 Å². The molecule has 138 valence electrons. The van der Waals surface area contributed by atoms with Crippen molar-refractivity contribution in [1.82, 2.24) is 10.2 Å². The molecule has 0 amide bonds. The van der Waals surface area contributed by atoms with Gasteiger partial charge in [0.1, 0.15) is 11.5 Å². The quantitative estimate of drug-likeness (QED) is 0.472. The first-order valence-electron chi connectivity index (χ1n) is 7.85. The highest BCUT2D eigenvalue weighted by Gasteiger charge is 2.21. The lowest BCUT2D eigenvalue weighted by atomic mass is 10.2. The van der Waals surface area contributed by atoms with E-state index in [-0.39, 0.29) is 11.4 Å². The molecule has 10 heteroatoms. The SMILES string of the molecule is O=[N+]([O-])c1ccc(Oc2ccc(OCCc3cc[nH]n3)cc2)c([N+](=O)[O-])c1. The summed E-state index contributed by atoms with van der Waals surface area (Å²) >= 11 is 0. The van der Waals surface area contributed by atoms with Gasteiger partial charge in [0.05, 0.1) is 28.2 Å². The Kier molecular flexibility index (Phi) is 5.26. The summed E-state index contributed by atoms with van der Waals surface area (Å²) in [7, 11) is 0. The van der Waals surface area contributed by atoms with Gasteiger partial charge in [0.15, 0.2) is 0 Å². The van der Waals surface area contributed by atoms with Crippen LogP contribution in [0.25, 0.3) is 0 Å². The van der Waals surface area contributed by atoms with E-state index in [0.717, 1.165) is 17.8 Å². The van der Waals surface area contributed by atoms with Crippen molar-refractivity contribution in [3.8, 4) is 17.2 Å². The largest absolute Gasteiger partial charge is 0.493 e. The third-order valence-electron chi connectivity index (χ3n) is 3.59. The molecular weight excluding hydrogens is 356 g/mol. The minimum Gasteiger partial charge on any atom is -0.493 e. The lowest BCUT2D eigenvalue weighted by Crippen LogP contribution is -2.01. The van der Waals surface area contributed by atoms with Crippen molar-refractivity contribution in [3.63, 3.8) is 0 Å². The number of rotatable bonds is 8. The van der Waals surface area contributed by atoms with E-state index in [1.54, 1.807) is 30.5 Å². The molecule has 3 aromatic rings. The summed E-state index contributed by atoms with van der Waals surface area (Å²) in [6.07, 6.45) is 2.38. The second-order valence-corrected chi connectivity index (χ2v) is 5.40. The zero-order chi connectivity index (χ0) is 19.2. The van der Waals surface area contributed by atoms with Gasteiger partial charge in [0.2, 0.25) is 5.75 Å². The molecule has 1 aromatic heterocycles. The maximum Gasteiger partial charge on any atom is 0.318 e. The Morgan fingerprint density at radius 3 is 2.33 bits per heavy atom. The first-order valence-corrected chi connectivity index (χ1v) is 7.85. The molecule has 3 rings (SSSR count). The van der Waals surface area contributed by atoms with E-state index in [1.165, 1.54) is 6.07 Å². The number of aromatic amines is 1. The molecule has 0 aliphatic rings. The van der Waals surface area contributed by atoms with Gasteiger partial charge in [-0.15, -0.1) is 0 Å². The van der Waals surface area contributed by atoms with Gasteiger partial charge in [-0.1, -0.05) is 0 Å². The summed E-state index contributed by atoms with van der Waals surface area (Å²) in [6.45, 7) is 0.443. The van der Waals surface area contributed by atoms with Crippen LogP contribution in [0.5, 0.6) is 17.2 Å². The van der Waals surface area contributed by atoms with Gasteiger partial charge in [0, 0.05) is 18.7 Å². The molecule has 0 saturated heterocycles. The predicted molar refractivity (Wildman–Crippen MR) is 94.1 cm³/mol. The Morgan fingerprint density at radius 2 is 1.70 bits per heavy atom. The van der Waals surface area contributed by atoms with E-state index in [4.69, 9.17) is 9.47 Å². The van der Waals surface area contributed by atoms with E-state index in [2.05, 4.69) is 10.2 Å². The molecule has 0 unspecified atom stereocenters. The Balaban J connectivity index is 1.65. The molecule has 0 spiro atoms. The van der Waals surface area contributed by atoms with Crippen molar-refractivity contribution >= 4 is 11.4 Å². The molecule has 1 N–H and O–H groups in total. The fourth-order valence-corrected chi connectivity index (χ4v) is 2.28. The lowest BCUT2D eigenvalue weighted by molar-refractivity contribution is -0.394. The van der Waals surface area contributed by atoms with Gasteiger partial charge in [-0.25, -0.2) is 0 Å². The molecule has 1 heterocycles. The molecule has 2 aromatic carbocycles. The van der Waals surface area contributed by atoms with Crippen LogP contribution in [0.2, 0.25) is 0 Å². The predicted octanol–water partition coefficient (Wildman–Crippen LogP) is 3.64. The number of aromatic nitrogens is 2. The molecular formula is C17H14N4O6. The Labute approximate surface area is 152 Å². The van der Waals surface area contributed by atoms with Crippen LogP contribution in [-0.2, 0) is 6.42 Å². The Hall–Kier alpha value is -3.95. The number of hydrogen-bond acceptors (Lipinski definition) is 7. The first-order chi connectivity index (χ1) is 13.0. The monoisotopic (exact) mass is 370 g/mol. The highest BCUT2D eigenvalue weighted by molar-refractivity contribution is 5.54. The second kappa shape index (κ2) is 7.95. The number of nitrogens with one attached hydrogen (secondary N) is 1. The summed E-state index contributed by atoms with van der Waals surface area (Å²) in [4.78, 5) is 20.5. The van der Waals surface area contributed by atoms with Gasteiger partial charge < -0.3 is 9.47 Å². The van der Waals surface area contributed by atoms with Crippen molar-refractivity contribution in [3.05, 3.63) is 80.7 Å². The van der Waals surface area contributed by atoms with Crippen molar-refractivity contribution in [2.24, 2.45) is 0 Å². The van der Waals surface area contributed by atoms with Crippen LogP contribution in [0.4, 0.5) is 11.4 Å². The van der Waals surface area contributed by atoms with Gasteiger partial charge in [-0.2, -0.15) is 5.10 Å². The zero-order valence-electron chi connectivity index (χ0n) is 13.9. The standard InChI is InChI=1S/C17H14N4O6/c22-20(23)13-1-6-17(16(11-13)21(24)25)27-15-4-2-14(3-5-15)26-10-8-12-7-9-18-19-12/h1-7,9,11H,8,10H2,(H,18,19). The Bertz CT molecular complexity index is 941. The van der Waals surface area contributed by atoms with Crippen LogP contribution in [0, 0.1) is 20.2 Å². The second-order valence-electron chi connectivity index (χ2n) is 5.40. The fraction of sp³-hybridized carbons (Fsp3) is 0.118. The average Bonchev–Trinajstić information content (AvgIpc) is 3.16. The number of nitro groups is 2. The van der Waals surface area contributed by atoms with Crippen molar-refractivity contribution in [1.29, 1.82) is 0 Å². The van der Waals surface area contributed by atoms with Gasteiger partial charge >= 0.3 is 5.69 Å². The number of benzene rings is 2. The smallest absolute Gasteiger partial charge is 0.318 e. The summed E-state index contributed by atoms with van der Waals surface area (Å²) in [5.41, 5.74) is 0.0265. The van der Waals surface area contributed by atoms with Crippen LogP contribution >= 0.6 is 0 Å². The van der Waals surface area contributed by atoms with E-state index >= 15 is 0 Å². The molecule has 0 bridgehead atoms. The number of non-ortho nitro benzene ring substituents is 1. The van der Waals surface area contributed by atoms with Crippen LogP contribution in [0.3, 0.4) is 0 Å². The number of nitro benzene ring substituents is 2. The zero-order valence-corrected chi connectivity index (χ0v) is 13.9. The maximum atomic E-state index is 11.1. The molecule has 0 fully saturated rings. The Morgan fingerprint density at radius 1 is 0.963 bits per heavy atom. The van der Waals surface area contributed by atoms with E-state index in [1.807, 2.05) is 6.07 Å². The van der Waals surface area contributed by atoms with Gasteiger partial charge in [0.25, 0.3) is 5.69 Å². The third kappa shape index (κ3) is 4.57. The van der Waals surface area contributed by atoms with Crippen LogP contribution in [0.1, 0.15) is 5.69 Å². The number of nitrogens with zero attached hydrogens (tertiary/aromatic N) is 3. The highest BCUT2D eigenvalue weighted by Crippen LogP contribution is 2.34. The van der Waals surface area contributed by atoms with Crippen LogP contribution in [0.15, 0.2) is 54.7 Å². The lowest BCUT2D eigenvalue weighted by Gasteiger charge is -2.08. The van der Waals surface area contributed by atoms with Gasteiger partial charge in [-0.05, 0) is 36.4 Å². The van der Waals surface area contributed by atoms with E-state index in [9.17, 15) is 20.2 Å². The molecule has 0 atom stereocenters. The maximum absolute atomic E-state index is 11.1. The fourth-order valence-electron chi connectivity index (χ4n) is 2.28. The van der Waals surface area contributed by atoms with E-state index in [0.29, 0.717) is 24.5 Å². The average molecular weight is 370 g/mol. The van der Waals surface area contributed by atoms with Crippen molar-refractivity contribution in [2.75, 3.05) is 6.61 Å². The summed E-state index contributed by atoms with van der Waals surface area (Å²) in [5.74, 6) is 0.862. The topological polar surface area (TPSA) is 133 Å². The minimum absolute atomic E-state index is 0.0854. The van der Waals surface area contributed by atoms with Crippen LogP contribution in [-0.4, -0.2) is 26.7 Å². The molecule has 0 aliphatic heterocycles. The molecule has 27 heavy (non-hydrogen) atoms. The van der Waals surface area contributed by atoms with Crippen molar-refractivity contribution < 1.29 is 19.3 Å². The molecule has 0 radical (unpaired) electrons. The number of hydrogen-bond donors (Lipinski definition) is 1. The van der Waals surface area contributed by atoms with Crippen LogP contribution < -0.4 is 9.47 Å². The number of H-pyrrole nitrogens is 1. The summed E-state index contributed by atoms with van der Waals surface area (Å²) in [5, 5.41) is 28.6. The van der Waals surface area contributed by atoms with Crippen molar-refractivity contribution in [2.45, 2.75) is 6.42 Å². The third-order valence-corrected chi connectivity index (χ3v) is 3.59. The normalized spacial score (nSPS) is 10.4. The summed E-state index contributed by atoms with van der Waals surface area (Å²) in [6, 6.07) is 11.6. The summed E-state index contributed by atoms with van der Waals surface area (Å²) < 4.78 is 11.1. The number of ether oxygens (including phenoxy) is 2. The highest BCUT2D eigenvalue weighted by atomic mass is 16.6.